The molecule has 0 saturated heterocycles. The van der Waals surface area contributed by atoms with Gasteiger partial charge in [0, 0.05) is 22.7 Å². The van der Waals surface area contributed by atoms with Crippen molar-refractivity contribution >= 4 is 34.6 Å². The Morgan fingerprint density at radius 1 is 1.20 bits per heavy atom. The van der Waals surface area contributed by atoms with Crippen LogP contribution in [0.25, 0.3) is 0 Å². The van der Waals surface area contributed by atoms with E-state index in [0.717, 1.165) is 23.2 Å². The third-order valence-corrected chi connectivity index (χ3v) is 5.99. The number of nitro benzene ring substituents is 1. The highest BCUT2D eigenvalue weighted by Gasteiger charge is 2.39. The number of nitro groups is 1. The SMILES string of the molecule is Cc1c(Cl)ccc2c1N[C@H](c1ccc(Cl)c([N+](=O)[O-])c1)[C@H]1CC=C[C@H]21. The number of fused-ring (bicyclic) bond motifs is 3. The minimum absolute atomic E-state index is 0.0272. The van der Waals surface area contributed by atoms with Crippen molar-refractivity contribution in [1.29, 1.82) is 0 Å². The maximum Gasteiger partial charge on any atom is 0.288 e. The molecule has 0 amide bonds. The first-order chi connectivity index (χ1) is 12.0. The zero-order valence-corrected chi connectivity index (χ0v) is 15.0. The lowest BCUT2D eigenvalue weighted by Gasteiger charge is -2.38. The van der Waals surface area contributed by atoms with Gasteiger partial charge in [0.25, 0.3) is 5.69 Å². The Labute approximate surface area is 155 Å². The van der Waals surface area contributed by atoms with E-state index >= 15 is 0 Å². The molecule has 1 heterocycles. The van der Waals surface area contributed by atoms with Crippen LogP contribution in [0.2, 0.25) is 10.0 Å². The average molecular weight is 375 g/mol. The van der Waals surface area contributed by atoms with Gasteiger partial charge < -0.3 is 5.32 Å². The van der Waals surface area contributed by atoms with E-state index in [0.29, 0.717) is 10.9 Å². The summed E-state index contributed by atoms with van der Waals surface area (Å²) in [5, 5.41) is 15.7. The first-order valence-electron chi connectivity index (χ1n) is 8.13. The number of benzene rings is 2. The normalized spacial score (nSPS) is 23.7. The number of rotatable bonds is 2. The van der Waals surface area contributed by atoms with Gasteiger partial charge >= 0.3 is 0 Å². The second-order valence-corrected chi connectivity index (χ2v) is 7.39. The van der Waals surface area contributed by atoms with Gasteiger partial charge in [0.05, 0.1) is 11.0 Å². The summed E-state index contributed by atoms with van der Waals surface area (Å²) in [6.45, 7) is 1.99. The van der Waals surface area contributed by atoms with E-state index in [2.05, 4.69) is 23.5 Å². The smallest absolute Gasteiger partial charge is 0.288 e. The Kier molecular flexibility index (Phi) is 3.97. The van der Waals surface area contributed by atoms with E-state index in [9.17, 15) is 10.1 Å². The van der Waals surface area contributed by atoms with Crippen LogP contribution in [-0.4, -0.2) is 4.92 Å². The molecule has 4 nitrogen and oxygen atoms in total. The summed E-state index contributed by atoms with van der Waals surface area (Å²) in [7, 11) is 0. The van der Waals surface area contributed by atoms with Gasteiger partial charge in [-0.1, -0.05) is 47.5 Å². The molecule has 3 atom stereocenters. The molecule has 128 valence electrons. The lowest BCUT2D eigenvalue weighted by atomic mass is 9.76. The van der Waals surface area contributed by atoms with Crippen LogP contribution >= 0.6 is 23.2 Å². The number of nitrogens with zero attached hydrogens (tertiary/aromatic N) is 1. The van der Waals surface area contributed by atoms with Crippen LogP contribution in [0, 0.1) is 23.0 Å². The van der Waals surface area contributed by atoms with Crippen molar-refractivity contribution in [2.75, 3.05) is 5.32 Å². The van der Waals surface area contributed by atoms with Gasteiger partial charge in [-0.05, 0) is 48.1 Å². The molecular weight excluding hydrogens is 359 g/mol. The number of halogens is 2. The summed E-state index contributed by atoms with van der Waals surface area (Å²) in [5.74, 6) is 0.598. The fourth-order valence-corrected chi connectivity index (χ4v) is 4.33. The molecule has 1 aliphatic carbocycles. The topological polar surface area (TPSA) is 55.2 Å². The molecule has 1 aliphatic heterocycles. The average Bonchev–Trinajstić information content (AvgIpc) is 3.07. The van der Waals surface area contributed by atoms with Crippen LogP contribution in [0.1, 0.15) is 35.1 Å². The van der Waals surface area contributed by atoms with Crippen LogP contribution in [-0.2, 0) is 0 Å². The van der Waals surface area contributed by atoms with Crippen molar-refractivity contribution in [2.45, 2.75) is 25.3 Å². The van der Waals surface area contributed by atoms with Crippen LogP contribution in [0.5, 0.6) is 0 Å². The van der Waals surface area contributed by atoms with Gasteiger partial charge in [0.15, 0.2) is 0 Å². The van der Waals surface area contributed by atoms with Crippen LogP contribution in [0.4, 0.5) is 11.4 Å². The maximum atomic E-state index is 11.3. The van der Waals surface area contributed by atoms with Crippen molar-refractivity contribution in [3.63, 3.8) is 0 Å². The zero-order valence-electron chi connectivity index (χ0n) is 13.5. The van der Waals surface area contributed by atoms with E-state index in [4.69, 9.17) is 23.2 Å². The summed E-state index contributed by atoms with van der Waals surface area (Å²) in [4.78, 5) is 10.8. The molecule has 25 heavy (non-hydrogen) atoms. The van der Waals surface area contributed by atoms with Crippen molar-refractivity contribution in [3.05, 3.63) is 79.3 Å². The zero-order chi connectivity index (χ0) is 17.7. The van der Waals surface area contributed by atoms with Crippen LogP contribution < -0.4 is 5.32 Å². The van der Waals surface area contributed by atoms with Crippen molar-refractivity contribution in [2.24, 2.45) is 5.92 Å². The van der Waals surface area contributed by atoms with Gasteiger partial charge in [-0.2, -0.15) is 0 Å². The third kappa shape index (κ3) is 2.60. The van der Waals surface area contributed by atoms with Gasteiger partial charge in [-0.3, -0.25) is 10.1 Å². The number of allylic oxidation sites excluding steroid dienone is 2. The lowest BCUT2D eigenvalue weighted by Crippen LogP contribution is -2.29. The molecule has 0 aromatic heterocycles. The standard InChI is InChI=1S/C19H16Cl2N2O2/c1-10-15(20)8-6-14-12-3-2-4-13(12)19(22-18(10)14)11-5-7-16(21)17(9-11)23(24)25/h2-3,5-9,12-13,19,22H,4H2,1H3/t12-,13-,19+/m0/s1. The first-order valence-corrected chi connectivity index (χ1v) is 8.89. The molecule has 6 heteroatoms. The second-order valence-electron chi connectivity index (χ2n) is 6.58. The minimum Gasteiger partial charge on any atom is -0.377 e. The molecule has 0 radical (unpaired) electrons. The van der Waals surface area contributed by atoms with Crippen LogP contribution in [0.3, 0.4) is 0 Å². The van der Waals surface area contributed by atoms with E-state index in [1.807, 2.05) is 19.1 Å². The molecule has 2 aromatic carbocycles. The molecule has 0 unspecified atom stereocenters. The second kappa shape index (κ2) is 6.04. The number of anilines is 1. The Hall–Kier alpha value is -2.04. The summed E-state index contributed by atoms with van der Waals surface area (Å²) < 4.78 is 0. The lowest BCUT2D eigenvalue weighted by molar-refractivity contribution is -0.384. The highest BCUT2D eigenvalue weighted by atomic mass is 35.5. The van der Waals surface area contributed by atoms with E-state index < -0.39 is 4.92 Å². The van der Waals surface area contributed by atoms with Gasteiger partial charge in [0.2, 0.25) is 0 Å². The van der Waals surface area contributed by atoms with E-state index in [1.54, 1.807) is 12.1 Å². The summed E-state index contributed by atoms with van der Waals surface area (Å²) in [6.07, 6.45) is 5.35. The maximum absolute atomic E-state index is 11.3. The highest BCUT2D eigenvalue weighted by Crippen LogP contribution is 2.51. The molecular formula is C19H16Cl2N2O2. The molecule has 4 rings (SSSR count). The van der Waals surface area contributed by atoms with Crippen LogP contribution in [0.15, 0.2) is 42.5 Å². The minimum atomic E-state index is -0.435. The molecule has 1 N–H and O–H groups in total. The highest BCUT2D eigenvalue weighted by molar-refractivity contribution is 6.32. The van der Waals surface area contributed by atoms with Crippen molar-refractivity contribution < 1.29 is 4.92 Å². The van der Waals surface area contributed by atoms with Crippen molar-refractivity contribution in [3.8, 4) is 0 Å². The molecule has 2 aromatic rings. The van der Waals surface area contributed by atoms with Gasteiger partial charge in [0.1, 0.15) is 5.02 Å². The predicted octanol–water partition coefficient (Wildman–Crippen LogP) is 6.04. The molecule has 0 saturated carbocycles. The van der Waals surface area contributed by atoms with Gasteiger partial charge in [-0.25, -0.2) is 0 Å². The summed E-state index contributed by atoms with van der Waals surface area (Å²) in [5.41, 5.74) is 4.09. The summed E-state index contributed by atoms with van der Waals surface area (Å²) >= 11 is 12.3. The van der Waals surface area contributed by atoms with Gasteiger partial charge in [-0.15, -0.1) is 0 Å². The third-order valence-electron chi connectivity index (χ3n) is 5.26. The molecule has 0 fully saturated rings. The number of hydrogen-bond donors (Lipinski definition) is 1. The monoisotopic (exact) mass is 374 g/mol. The number of hydrogen-bond acceptors (Lipinski definition) is 3. The summed E-state index contributed by atoms with van der Waals surface area (Å²) in [6, 6.07) is 9.04. The van der Waals surface area contributed by atoms with Crippen molar-refractivity contribution in [1.82, 2.24) is 0 Å². The quantitative estimate of drug-likeness (QED) is 0.396. The molecule has 2 aliphatic rings. The Bertz CT molecular complexity index is 911. The van der Waals surface area contributed by atoms with E-state index in [-0.39, 0.29) is 22.7 Å². The Morgan fingerprint density at radius 2 is 1.96 bits per heavy atom. The fraction of sp³-hybridized carbons (Fsp3) is 0.263. The molecule has 0 bridgehead atoms. The Morgan fingerprint density at radius 3 is 2.72 bits per heavy atom. The predicted molar refractivity (Wildman–Crippen MR) is 101 cm³/mol. The first kappa shape index (κ1) is 16.4. The largest absolute Gasteiger partial charge is 0.377 e. The molecule has 0 spiro atoms. The van der Waals surface area contributed by atoms with E-state index in [1.165, 1.54) is 5.56 Å². The Balaban J connectivity index is 1.83. The number of nitrogens with one attached hydrogen (secondary N) is 1. The fourth-order valence-electron chi connectivity index (χ4n) is 3.98.